The third-order valence-electron chi connectivity index (χ3n) is 6.26. The summed E-state index contributed by atoms with van der Waals surface area (Å²) >= 11 is 12.6. The van der Waals surface area contributed by atoms with Crippen molar-refractivity contribution in [1.82, 2.24) is 24.5 Å². The maximum Gasteiger partial charge on any atom is 0.253 e. The highest BCUT2D eigenvalue weighted by Gasteiger charge is 2.31. The molecule has 3 aromatic heterocycles. The average Bonchev–Trinajstić information content (AvgIpc) is 3.44. The molecule has 1 atom stereocenters. The first kappa shape index (κ1) is 22.9. The van der Waals surface area contributed by atoms with Crippen LogP contribution in [0.3, 0.4) is 0 Å². The third-order valence-corrected chi connectivity index (χ3v) is 7.06. The van der Waals surface area contributed by atoms with Gasteiger partial charge >= 0.3 is 0 Å². The van der Waals surface area contributed by atoms with E-state index in [2.05, 4.69) is 36.2 Å². The fraction of sp³-hybridized carbons (Fsp3) is 0.320. The predicted octanol–water partition coefficient (Wildman–Crippen LogP) is 6.12. The number of amides is 1. The number of hydrogen-bond donors (Lipinski definition) is 1. The zero-order valence-electron chi connectivity index (χ0n) is 19.3. The summed E-state index contributed by atoms with van der Waals surface area (Å²) in [6.07, 6.45) is 6.03. The van der Waals surface area contributed by atoms with Crippen molar-refractivity contribution in [2.24, 2.45) is 0 Å². The van der Waals surface area contributed by atoms with Crippen LogP contribution in [0.1, 0.15) is 60.5 Å². The lowest BCUT2D eigenvalue weighted by Crippen LogP contribution is -2.31. The molecule has 1 amide bonds. The zero-order valence-corrected chi connectivity index (χ0v) is 20.8. The highest BCUT2D eigenvalue weighted by atomic mass is 35.5. The Balaban J connectivity index is 1.65. The zero-order chi connectivity index (χ0) is 24.4. The normalized spacial score (nSPS) is 15.7. The second-order valence-corrected chi connectivity index (χ2v) is 10.5. The summed E-state index contributed by atoms with van der Waals surface area (Å²) in [5, 5.41) is 8.11. The smallest absolute Gasteiger partial charge is 0.253 e. The van der Waals surface area contributed by atoms with E-state index in [-0.39, 0.29) is 27.4 Å². The molecule has 1 N–H and O–H groups in total. The quantitative estimate of drug-likeness (QED) is 0.345. The van der Waals surface area contributed by atoms with E-state index in [0.29, 0.717) is 16.8 Å². The Bertz CT molecular complexity index is 1450. The van der Waals surface area contributed by atoms with Crippen molar-refractivity contribution in [3.05, 3.63) is 75.2 Å². The van der Waals surface area contributed by atoms with Crippen molar-refractivity contribution in [3.63, 3.8) is 0 Å². The van der Waals surface area contributed by atoms with Gasteiger partial charge in [-0.05, 0) is 48.1 Å². The summed E-state index contributed by atoms with van der Waals surface area (Å²) in [4.78, 5) is 17.9. The molecule has 1 aliphatic rings. The molecule has 0 unspecified atom stereocenters. The van der Waals surface area contributed by atoms with E-state index in [1.54, 1.807) is 16.9 Å². The summed E-state index contributed by atoms with van der Waals surface area (Å²) in [5.74, 6) is 0.174. The molecule has 0 saturated heterocycles. The molecule has 4 heterocycles. The van der Waals surface area contributed by atoms with Crippen molar-refractivity contribution in [1.29, 1.82) is 0 Å². The molecule has 176 valence electrons. The van der Waals surface area contributed by atoms with Crippen molar-refractivity contribution < 1.29 is 9.18 Å². The molecule has 0 fully saturated rings. The lowest BCUT2D eigenvalue weighted by atomic mass is 9.83. The first-order valence-electron chi connectivity index (χ1n) is 11.0. The molecule has 0 radical (unpaired) electrons. The third kappa shape index (κ3) is 3.67. The van der Waals surface area contributed by atoms with E-state index in [1.807, 2.05) is 23.8 Å². The van der Waals surface area contributed by atoms with E-state index in [1.165, 1.54) is 12.1 Å². The van der Waals surface area contributed by atoms with Gasteiger partial charge in [0.15, 0.2) is 0 Å². The summed E-state index contributed by atoms with van der Waals surface area (Å²) in [7, 11) is 0. The molecule has 4 aromatic rings. The predicted molar refractivity (Wildman–Crippen MR) is 131 cm³/mol. The number of benzene rings is 1. The molecule has 0 spiro atoms. The minimum absolute atomic E-state index is 0.132. The number of rotatable bonds is 3. The molecular formula is C25H24Cl2FN5O. The topological polar surface area (TPSA) is 64.2 Å². The Morgan fingerprint density at radius 3 is 2.74 bits per heavy atom. The second-order valence-electron chi connectivity index (χ2n) is 9.70. The highest BCUT2D eigenvalue weighted by molar-refractivity contribution is 6.43. The van der Waals surface area contributed by atoms with Crippen LogP contribution in [0.2, 0.25) is 10.0 Å². The summed E-state index contributed by atoms with van der Waals surface area (Å²) in [6, 6.07) is 4.34. The Hall–Kier alpha value is -2.90. The average molecular weight is 500 g/mol. The van der Waals surface area contributed by atoms with Gasteiger partial charge in [-0.2, -0.15) is 5.10 Å². The number of nitrogens with zero attached hydrogens (tertiary/aromatic N) is 4. The SMILES string of the molecule is Cc1cc2c(C(C)(C)C)c(C(=O)N[C@H]3CCn4ccnc43)cnn2c1-c1cc(F)cc(Cl)c1Cl. The van der Waals surface area contributed by atoms with Crippen LogP contribution in [-0.4, -0.2) is 25.1 Å². The van der Waals surface area contributed by atoms with E-state index < -0.39 is 5.82 Å². The van der Waals surface area contributed by atoms with Gasteiger partial charge in [0.05, 0.1) is 39.1 Å². The minimum atomic E-state index is -0.485. The van der Waals surface area contributed by atoms with E-state index in [4.69, 9.17) is 23.2 Å². The lowest BCUT2D eigenvalue weighted by Gasteiger charge is -2.24. The molecule has 9 heteroatoms. The van der Waals surface area contributed by atoms with Gasteiger partial charge in [-0.25, -0.2) is 13.9 Å². The number of aromatic nitrogens is 4. The number of carbonyl (C=O) groups is 1. The monoisotopic (exact) mass is 499 g/mol. The molecular weight excluding hydrogens is 476 g/mol. The van der Waals surface area contributed by atoms with Gasteiger partial charge in [0.2, 0.25) is 0 Å². The second kappa shape index (κ2) is 8.10. The fourth-order valence-electron chi connectivity index (χ4n) is 4.84. The van der Waals surface area contributed by atoms with Crippen LogP contribution in [0.15, 0.2) is 36.8 Å². The van der Waals surface area contributed by atoms with Gasteiger partial charge in [0, 0.05) is 24.5 Å². The van der Waals surface area contributed by atoms with E-state index in [9.17, 15) is 9.18 Å². The van der Waals surface area contributed by atoms with Gasteiger partial charge in [0.25, 0.3) is 5.91 Å². The van der Waals surface area contributed by atoms with Crippen LogP contribution >= 0.6 is 23.2 Å². The van der Waals surface area contributed by atoms with Crippen LogP contribution in [0, 0.1) is 12.7 Å². The van der Waals surface area contributed by atoms with Gasteiger partial charge in [-0.1, -0.05) is 44.0 Å². The van der Waals surface area contributed by atoms with Crippen LogP contribution < -0.4 is 5.32 Å². The lowest BCUT2D eigenvalue weighted by molar-refractivity contribution is 0.0933. The number of halogens is 3. The van der Waals surface area contributed by atoms with Gasteiger partial charge in [-0.3, -0.25) is 4.79 Å². The molecule has 6 nitrogen and oxygen atoms in total. The molecule has 0 aliphatic carbocycles. The molecule has 34 heavy (non-hydrogen) atoms. The largest absolute Gasteiger partial charge is 0.342 e. The Kier molecular flexibility index (Phi) is 5.45. The first-order valence-corrected chi connectivity index (χ1v) is 11.8. The summed E-state index contributed by atoms with van der Waals surface area (Å²) < 4.78 is 18.0. The molecule has 0 saturated carbocycles. The molecule has 0 bridgehead atoms. The Morgan fingerprint density at radius 2 is 2.00 bits per heavy atom. The molecule has 5 rings (SSSR count). The summed E-state index contributed by atoms with van der Waals surface area (Å²) in [6.45, 7) is 8.88. The van der Waals surface area contributed by atoms with Crippen LogP contribution in [0.25, 0.3) is 16.8 Å². The molecule has 1 aliphatic heterocycles. The number of fused-ring (bicyclic) bond motifs is 2. The van der Waals surface area contributed by atoms with E-state index in [0.717, 1.165) is 35.4 Å². The van der Waals surface area contributed by atoms with Gasteiger partial charge in [-0.15, -0.1) is 0 Å². The number of carbonyl (C=O) groups excluding carboxylic acids is 1. The van der Waals surface area contributed by atoms with Crippen molar-refractivity contribution in [3.8, 4) is 11.3 Å². The van der Waals surface area contributed by atoms with Gasteiger partial charge in [0.1, 0.15) is 11.6 Å². The fourth-order valence-corrected chi connectivity index (χ4v) is 5.25. The number of imidazole rings is 1. The molecule has 1 aromatic carbocycles. The minimum Gasteiger partial charge on any atom is -0.342 e. The van der Waals surface area contributed by atoms with Crippen molar-refractivity contribution in [2.45, 2.75) is 52.1 Å². The standard InChI is InChI=1S/C25H24Cl2FN5O/c1-13-9-19-20(25(2,3)4)16(24(34)31-18-5-7-32-8-6-29-23(18)32)12-30-33(19)22(13)15-10-14(28)11-17(26)21(15)27/h6,8-12,18H,5,7H2,1-4H3,(H,31,34)/t18-/m0/s1. The van der Waals surface area contributed by atoms with Crippen LogP contribution in [-0.2, 0) is 12.0 Å². The number of hydrogen-bond acceptors (Lipinski definition) is 3. The van der Waals surface area contributed by atoms with Crippen molar-refractivity contribution in [2.75, 3.05) is 0 Å². The van der Waals surface area contributed by atoms with Crippen LogP contribution in [0.5, 0.6) is 0 Å². The Labute approximate surface area is 206 Å². The highest BCUT2D eigenvalue weighted by Crippen LogP contribution is 2.40. The number of aryl methyl sites for hydroxylation is 2. The van der Waals surface area contributed by atoms with Gasteiger partial charge < -0.3 is 9.88 Å². The maximum absolute atomic E-state index is 14.2. The first-order chi connectivity index (χ1) is 16.1. The summed E-state index contributed by atoms with van der Waals surface area (Å²) in [5.41, 5.74) is 3.65. The van der Waals surface area contributed by atoms with E-state index >= 15 is 0 Å². The number of nitrogens with one attached hydrogen (secondary N) is 1. The maximum atomic E-state index is 14.2. The Morgan fingerprint density at radius 1 is 1.24 bits per heavy atom. The van der Waals surface area contributed by atoms with Crippen LogP contribution in [0.4, 0.5) is 4.39 Å². The van der Waals surface area contributed by atoms with Crippen molar-refractivity contribution >= 4 is 34.6 Å².